The van der Waals surface area contributed by atoms with Crippen molar-refractivity contribution in [3.8, 4) is 0 Å². The molecule has 0 aliphatic rings. The number of hydrogen-bond donors (Lipinski definition) is 0. The zero-order valence-electron chi connectivity index (χ0n) is 8.46. The molecule has 1 amide bonds. The molecular formula is C11H14INO. The van der Waals surface area contributed by atoms with Crippen molar-refractivity contribution in [2.45, 2.75) is 19.9 Å². The summed E-state index contributed by atoms with van der Waals surface area (Å²) in [5.74, 6) is 0.184. The van der Waals surface area contributed by atoms with Gasteiger partial charge < -0.3 is 4.90 Å². The fourth-order valence-electron chi connectivity index (χ4n) is 1.27. The highest BCUT2D eigenvalue weighted by atomic mass is 127. The molecule has 0 radical (unpaired) electrons. The van der Waals surface area contributed by atoms with Crippen LogP contribution in [-0.4, -0.2) is 17.9 Å². The monoisotopic (exact) mass is 303 g/mol. The predicted octanol–water partition coefficient (Wildman–Crippen LogP) is 2.66. The van der Waals surface area contributed by atoms with E-state index < -0.39 is 0 Å². The fourth-order valence-corrected chi connectivity index (χ4v) is 1.87. The minimum atomic E-state index is 0.184. The highest BCUT2D eigenvalue weighted by Crippen LogP contribution is 2.09. The summed E-state index contributed by atoms with van der Waals surface area (Å²) in [4.78, 5) is 13.1. The summed E-state index contributed by atoms with van der Waals surface area (Å²) in [5.41, 5.74) is 1.18. The van der Waals surface area contributed by atoms with Crippen molar-refractivity contribution in [3.63, 3.8) is 0 Å². The molecule has 3 heteroatoms. The summed E-state index contributed by atoms with van der Waals surface area (Å²) in [6.07, 6.45) is 0.570. The van der Waals surface area contributed by atoms with Gasteiger partial charge in [0, 0.05) is 23.6 Å². The third kappa shape index (κ3) is 3.29. The lowest BCUT2D eigenvalue weighted by Gasteiger charge is -2.16. The van der Waals surface area contributed by atoms with E-state index in [4.69, 9.17) is 0 Å². The number of benzene rings is 1. The molecule has 0 unspecified atom stereocenters. The van der Waals surface area contributed by atoms with Crippen LogP contribution in [0.15, 0.2) is 24.3 Å². The van der Waals surface area contributed by atoms with E-state index in [9.17, 15) is 4.79 Å². The van der Waals surface area contributed by atoms with E-state index in [1.165, 1.54) is 9.13 Å². The minimum absolute atomic E-state index is 0.184. The Morgan fingerprint density at radius 3 is 2.79 bits per heavy atom. The summed E-state index contributed by atoms with van der Waals surface area (Å²) in [5, 5.41) is 0. The van der Waals surface area contributed by atoms with E-state index in [2.05, 4.69) is 28.7 Å². The van der Waals surface area contributed by atoms with Gasteiger partial charge in [0.25, 0.3) is 0 Å². The zero-order chi connectivity index (χ0) is 10.6. The lowest BCUT2D eigenvalue weighted by atomic mass is 10.2. The first-order valence-electron chi connectivity index (χ1n) is 4.62. The first kappa shape index (κ1) is 11.5. The molecule has 0 bridgehead atoms. The fraction of sp³-hybridized carbons (Fsp3) is 0.364. The summed E-state index contributed by atoms with van der Waals surface area (Å²) in [6, 6.07) is 8.20. The molecule has 0 saturated heterocycles. The van der Waals surface area contributed by atoms with Crippen LogP contribution in [0.5, 0.6) is 0 Å². The van der Waals surface area contributed by atoms with Gasteiger partial charge in [-0.15, -0.1) is 0 Å². The second kappa shape index (κ2) is 5.34. The molecule has 1 rings (SSSR count). The quantitative estimate of drug-likeness (QED) is 0.786. The van der Waals surface area contributed by atoms with Crippen molar-refractivity contribution in [3.05, 3.63) is 33.4 Å². The maximum absolute atomic E-state index is 11.3. The Labute approximate surface area is 98.4 Å². The van der Waals surface area contributed by atoms with E-state index in [1.807, 2.05) is 32.2 Å². The molecule has 0 heterocycles. The Hall–Kier alpha value is -0.580. The number of halogens is 1. The van der Waals surface area contributed by atoms with Gasteiger partial charge in [-0.2, -0.15) is 0 Å². The number of amides is 1. The van der Waals surface area contributed by atoms with Crippen LogP contribution in [0.25, 0.3) is 0 Å². The number of carbonyl (C=O) groups excluding carboxylic acids is 1. The lowest BCUT2D eigenvalue weighted by molar-refractivity contribution is -0.130. The average molecular weight is 303 g/mol. The van der Waals surface area contributed by atoms with Crippen molar-refractivity contribution in [2.24, 2.45) is 0 Å². The average Bonchev–Trinajstić information content (AvgIpc) is 2.16. The summed E-state index contributed by atoms with van der Waals surface area (Å²) < 4.78 is 1.21. The van der Waals surface area contributed by atoms with Crippen molar-refractivity contribution >= 4 is 28.5 Å². The number of carbonyl (C=O) groups is 1. The van der Waals surface area contributed by atoms with Crippen LogP contribution in [0.2, 0.25) is 0 Å². The van der Waals surface area contributed by atoms with Crippen molar-refractivity contribution in [1.29, 1.82) is 0 Å². The molecule has 0 aliphatic carbocycles. The minimum Gasteiger partial charge on any atom is -0.341 e. The molecule has 0 spiro atoms. The molecule has 1 aromatic carbocycles. The van der Waals surface area contributed by atoms with Gasteiger partial charge in [-0.3, -0.25) is 4.79 Å². The molecule has 0 fully saturated rings. The topological polar surface area (TPSA) is 20.3 Å². The van der Waals surface area contributed by atoms with Crippen LogP contribution >= 0.6 is 22.6 Å². The number of rotatable bonds is 3. The molecule has 0 saturated carbocycles. The molecule has 76 valence electrons. The van der Waals surface area contributed by atoms with E-state index in [-0.39, 0.29) is 5.91 Å². The highest BCUT2D eigenvalue weighted by Gasteiger charge is 2.05. The van der Waals surface area contributed by atoms with Gasteiger partial charge in [-0.25, -0.2) is 0 Å². The van der Waals surface area contributed by atoms with E-state index in [0.717, 1.165) is 0 Å². The molecule has 14 heavy (non-hydrogen) atoms. The van der Waals surface area contributed by atoms with Gasteiger partial charge >= 0.3 is 0 Å². The van der Waals surface area contributed by atoms with Gasteiger partial charge in [-0.1, -0.05) is 19.1 Å². The molecule has 0 aliphatic heterocycles. The third-order valence-electron chi connectivity index (χ3n) is 2.04. The molecule has 2 nitrogen and oxygen atoms in total. The third-order valence-corrected chi connectivity index (χ3v) is 2.71. The number of hydrogen-bond acceptors (Lipinski definition) is 1. The summed E-state index contributed by atoms with van der Waals surface area (Å²) >= 11 is 2.28. The van der Waals surface area contributed by atoms with Gasteiger partial charge in [-0.05, 0) is 40.3 Å². The smallest absolute Gasteiger partial charge is 0.222 e. The molecule has 0 atom stereocenters. The maximum Gasteiger partial charge on any atom is 0.222 e. The van der Waals surface area contributed by atoms with Crippen LogP contribution in [0.1, 0.15) is 18.9 Å². The Morgan fingerprint density at radius 1 is 1.50 bits per heavy atom. The summed E-state index contributed by atoms with van der Waals surface area (Å²) in [6.45, 7) is 2.58. The van der Waals surface area contributed by atoms with Gasteiger partial charge in [0.1, 0.15) is 0 Å². The Bertz CT molecular complexity index is 325. The first-order valence-corrected chi connectivity index (χ1v) is 5.69. The van der Waals surface area contributed by atoms with Gasteiger partial charge in [0.05, 0.1) is 0 Å². The van der Waals surface area contributed by atoms with Gasteiger partial charge in [0.2, 0.25) is 5.91 Å². The normalized spacial score (nSPS) is 9.93. The lowest BCUT2D eigenvalue weighted by Crippen LogP contribution is -2.25. The molecule has 1 aromatic rings. The Balaban J connectivity index is 2.64. The van der Waals surface area contributed by atoms with E-state index in [1.54, 1.807) is 4.90 Å². The molecule has 0 aromatic heterocycles. The number of nitrogens with zero attached hydrogens (tertiary/aromatic N) is 1. The first-order chi connectivity index (χ1) is 6.63. The maximum atomic E-state index is 11.3. The highest BCUT2D eigenvalue weighted by molar-refractivity contribution is 14.1. The SMILES string of the molecule is CCC(=O)N(C)Cc1cccc(I)c1. The molecule has 0 N–H and O–H groups in total. The van der Waals surface area contributed by atoms with E-state index >= 15 is 0 Å². The summed E-state index contributed by atoms with van der Waals surface area (Å²) in [7, 11) is 1.84. The van der Waals surface area contributed by atoms with Crippen LogP contribution in [-0.2, 0) is 11.3 Å². The Morgan fingerprint density at radius 2 is 2.21 bits per heavy atom. The molecular weight excluding hydrogens is 289 g/mol. The Kier molecular flexibility index (Phi) is 4.38. The zero-order valence-corrected chi connectivity index (χ0v) is 10.6. The van der Waals surface area contributed by atoms with Crippen LogP contribution < -0.4 is 0 Å². The van der Waals surface area contributed by atoms with E-state index in [0.29, 0.717) is 13.0 Å². The van der Waals surface area contributed by atoms with Crippen LogP contribution in [0.4, 0.5) is 0 Å². The second-order valence-electron chi connectivity index (χ2n) is 3.23. The predicted molar refractivity (Wildman–Crippen MR) is 65.9 cm³/mol. The standard InChI is InChI=1S/C11H14INO/c1-3-11(14)13(2)8-9-5-4-6-10(12)7-9/h4-7H,3,8H2,1-2H3. The van der Waals surface area contributed by atoms with Crippen LogP contribution in [0.3, 0.4) is 0 Å². The van der Waals surface area contributed by atoms with Gasteiger partial charge in [0.15, 0.2) is 0 Å². The van der Waals surface area contributed by atoms with Crippen molar-refractivity contribution in [2.75, 3.05) is 7.05 Å². The van der Waals surface area contributed by atoms with Crippen molar-refractivity contribution in [1.82, 2.24) is 4.90 Å². The largest absolute Gasteiger partial charge is 0.341 e. The second-order valence-corrected chi connectivity index (χ2v) is 4.48. The van der Waals surface area contributed by atoms with Crippen LogP contribution in [0, 0.1) is 3.57 Å². The van der Waals surface area contributed by atoms with Crippen molar-refractivity contribution < 1.29 is 4.79 Å².